The van der Waals surface area contributed by atoms with Crippen molar-refractivity contribution in [2.75, 3.05) is 5.32 Å². The molecule has 3 aromatic rings. The van der Waals surface area contributed by atoms with Crippen LogP contribution in [0.1, 0.15) is 19.2 Å². The molecule has 5 nitrogen and oxygen atoms in total. The van der Waals surface area contributed by atoms with E-state index in [1.54, 1.807) is 25.1 Å². The summed E-state index contributed by atoms with van der Waals surface area (Å²) in [5.74, 6) is 1.09. The minimum Gasteiger partial charge on any atom is -0.481 e. The van der Waals surface area contributed by atoms with Crippen LogP contribution in [-0.2, 0) is 4.79 Å². The van der Waals surface area contributed by atoms with Crippen LogP contribution in [0.15, 0.2) is 52.9 Å². The van der Waals surface area contributed by atoms with Gasteiger partial charge in [0.1, 0.15) is 11.3 Å². The van der Waals surface area contributed by atoms with Crippen LogP contribution < -0.4 is 10.1 Å². The Bertz CT molecular complexity index is 812. The predicted octanol–water partition coefficient (Wildman–Crippen LogP) is 3.93. The highest BCUT2D eigenvalue weighted by molar-refractivity contribution is 5.95. The molecule has 0 aliphatic heterocycles. The molecule has 0 aliphatic rings. The molecule has 1 atom stereocenters. The summed E-state index contributed by atoms with van der Waals surface area (Å²) in [4.78, 5) is 16.7. The summed E-state index contributed by atoms with van der Waals surface area (Å²) in [5, 5.41) is 2.87. The molecule has 1 N–H and O–H groups in total. The third-order valence-electron chi connectivity index (χ3n) is 3.45. The average Bonchev–Trinajstić information content (AvgIpc) is 2.92. The summed E-state index contributed by atoms with van der Waals surface area (Å²) in [5.41, 5.74) is 2.09. The van der Waals surface area contributed by atoms with E-state index in [-0.39, 0.29) is 5.91 Å². The summed E-state index contributed by atoms with van der Waals surface area (Å²) >= 11 is 0. The first-order chi connectivity index (χ1) is 11.2. The van der Waals surface area contributed by atoms with Gasteiger partial charge in [-0.3, -0.25) is 4.79 Å². The van der Waals surface area contributed by atoms with Crippen molar-refractivity contribution in [2.24, 2.45) is 0 Å². The topological polar surface area (TPSA) is 64.4 Å². The third-order valence-corrected chi connectivity index (χ3v) is 3.45. The molecule has 0 bridgehead atoms. The number of carbonyl (C=O) groups is 1. The van der Waals surface area contributed by atoms with Crippen LogP contribution in [0, 0.1) is 6.92 Å². The lowest BCUT2D eigenvalue weighted by Gasteiger charge is -2.17. The normalized spacial score (nSPS) is 12.1. The molecule has 1 heterocycles. The number of anilines is 1. The zero-order valence-corrected chi connectivity index (χ0v) is 13.1. The lowest BCUT2D eigenvalue weighted by molar-refractivity contribution is -0.122. The summed E-state index contributed by atoms with van der Waals surface area (Å²) in [6.45, 7) is 3.70. The number of nitrogens with one attached hydrogen (secondary N) is 1. The second-order valence-electron chi connectivity index (χ2n) is 5.23. The molecular formula is C18H18N2O3. The summed E-state index contributed by atoms with van der Waals surface area (Å²) < 4.78 is 11.2. The Morgan fingerprint density at radius 1 is 1.26 bits per heavy atom. The zero-order chi connectivity index (χ0) is 16.2. The lowest BCUT2D eigenvalue weighted by atomic mass is 10.2. The molecule has 118 valence electrons. The van der Waals surface area contributed by atoms with Crippen molar-refractivity contribution in [3.63, 3.8) is 0 Å². The minimum atomic E-state index is -0.549. The molecule has 3 rings (SSSR count). The smallest absolute Gasteiger partial charge is 0.265 e. The maximum Gasteiger partial charge on any atom is 0.265 e. The number of para-hydroxylation sites is 1. The van der Waals surface area contributed by atoms with Crippen LogP contribution in [0.2, 0.25) is 0 Å². The number of nitrogens with zero attached hydrogens (tertiary/aromatic N) is 1. The Hall–Kier alpha value is -2.82. The Morgan fingerprint density at radius 2 is 2.04 bits per heavy atom. The number of carbonyl (C=O) groups excluding carboxylic acids is 1. The molecule has 1 amide bonds. The molecule has 0 saturated carbocycles. The van der Waals surface area contributed by atoms with Crippen LogP contribution in [-0.4, -0.2) is 17.0 Å². The van der Waals surface area contributed by atoms with E-state index in [0.717, 1.165) is 5.52 Å². The molecule has 1 aromatic heterocycles. The second kappa shape index (κ2) is 6.52. The Balaban J connectivity index is 1.72. The maximum atomic E-state index is 12.4. The van der Waals surface area contributed by atoms with E-state index >= 15 is 0 Å². The molecule has 0 fully saturated rings. The molecule has 23 heavy (non-hydrogen) atoms. The Morgan fingerprint density at radius 3 is 2.78 bits per heavy atom. The fourth-order valence-corrected chi connectivity index (χ4v) is 2.33. The lowest BCUT2D eigenvalue weighted by Crippen LogP contribution is -2.32. The molecule has 0 aliphatic carbocycles. The number of hydrogen-bond acceptors (Lipinski definition) is 4. The van der Waals surface area contributed by atoms with Gasteiger partial charge < -0.3 is 14.5 Å². The van der Waals surface area contributed by atoms with Crippen LogP contribution in [0.3, 0.4) is 0 Å². The highest BCUT2D eigenvalue weighted by atomic mass is 16.5. The summed E-state index contributed by atoms with van der Waals surface area (Å²) in [6.07, 6.45) is 0.0265. The Kier molecular flexibility index (Phi) is 4.28. The third kappa shape index (κ3) is 3.51. The van der Waals surface area contributed by atoms with Gasteiger partial charge in [0, 0.05) is 12.6 Å². The van der Waals surface area contributed by atoms with Gasteiger partial charge in [-0.05, 0) is 36.8 Å². The molecular weight excluding hydrogens is 292 g/mol. The van der Waals surface area contributed by atoms with Crippen LogP contribution in [0.5, 0.6) is 5.75 Å². The number of fused-ring (bicyclic) bond motifs is 1. The first kappa shape index (κ1) is 15.1. The predicted molar refractivity (Wildman–Crippen MR) is 88.5 cm³/mol. The highest BCUT2D eigenvalue weighted by Gasteiger charge is 2.18. The number of rotatable bonds is 5. The number of oxazole rings is 1. The van der Waals surface area contributed by atoms with Crippen molar-refractivity contribution in [2.45, 2.75) is 26.4 Å². The van der Waals surface area contributed by atoms with Crippen molar-refractivity contribution in [3.8, 4) is 5.75 Å². The molecule has 0 saturated heterocycles. The fraction of sp³-hybridized carbons (Fsp3) is 0.222. The molecule has 0 spiro atoms. The number of benzene rings is 2. The molecule has 0 unspecified atom stereocenters. The molecule has 2 aromatic carbocycles. The molecule has 5 heteroatoms. The highest BCUT2D eigenvalue weighted by Crippen LogP contribution is 2.20. The van der Waals surface area contributed by atoms with Crippen molar-refractivity contribution in [3.05, 3.63) is 54.4 Å². The second-order valence-corrected chi connectivity index (χ2v) is 5.23. The van der Waals surface area contributed by atoms with Gasteiger partial charge in [-0.2, -0.15) is 0 Å². The van der Waals surface area contributed by atoms with E-state index in [4.69, 9.17) is 9.15 Å². The van der Waals surface area contributed by atoms with E-state index in [1.807, 2.05) is 37.3 Å². The van der Waals surface area contributed by atoms with E-state index in [9.17, 15) is 4.79 Å². The number of ether oxygens (including phenoxy) is 1. The maximum absolute atomic E-state index is 12.4. The van der Waals surface area contributed by atoms with Crippen molar-refractivity contribution in [1.29, 1.82) is 0 Å². The van der Waals surface area contributed by atoms with E-state index in [2.05, 4.69) is 10.3 Å². The van der Waals surface area contributed by atoms with Crippen LogP contribution in [0.25, 0.3) is 11.1 Å². The van der Waals surface area contributed by atoms with Gasteiger partial charge in [0.2, 0.25) is 0 Å². The van der Waals surface area contributed by atoms with Crippen molar-refractivity contribution >= 4 is 22.7 Å². The van der Waals surface area contributed by atoms with Gasteiger partial charge in [0.25, 0.3) is 5.91 Å². The average molecular weight is 310 g/mol. The number of hydrogen-bond donors (Lipinski definition) is 1. The van der Waals surface area contributed by atoms with E-state index in [1.165, 1.54) is 0 Å². The van der Waals surface area contributed by atoms with Gasteiger partial charge in [-0.25, -0.2) is 4.98 Å². The summed E-state index contributed by atoms with van der Waals surface area (Å²) in [7, 11) is 0. The van der Waals surface area contributed by atoms with Gasteiger partial charge in [-0.1, -0.05) is 25.1 Å². The van der Waals surface area contributed by atoms with Crippen LogP contribution in [0.4, 0.5) is 5.69 Å². The van der Waals surface area contributed by atoms with Crippen LogP contribution >= 0.6 is 0 Å². The van der Waals surface area contributed by atoms with Gasteiger partial charge >= 0.3 is 0 Å². The SMILES string of the molecule is CC[C@@H](Oc1ccccc1)C(=O)Nc1ccc2oc(C)nc2c1. The monoisotopic (exact) mass is 310 g/mol. The van der Waals surface area contributed by atoms with Gasteiger partial charge in [-0.15, -0.1) is 0 Å². The zero-order valence-electron chi connectivity index (χ0n) is 13.1. The largest absolute Gasteiger partial charge is 0.481 e. The van der Waals surface area contributed by atoms with E-state index < -0.39 is 6.10 Å². The first-order valence-corrected chi connectivity index (χ1v) is 7.55. The van der Waals surface area contributed by atoms with Gasteiger partial charge in [0.05, 0.1) is 0 Å². The van der Waals surface area contributed by atoms with E-state index in [0.29, 0.717) is 29.3 Å². The van der Waals surface area contributed by atoms with Crippen molar-refractivity contribution in [1.82, 2.24) is 4.98 Å². The van der Waals surface area contributed by atoms with Crippen molar-refractivity contribution < 1.29 is 13.9 Å². The number of aryl methyl sites for hydroxylation is 1. The minimum absolute atomic E-state index is 0.184. The van der Waals surface area contributed by atoms with Gasteiger partial charge in [0.15, 0.2) is 17.6 Å². The first-order valence-electron chi connectivity index (χ1n) is 7.55. The summed E-state index contributed by atoms with van der Waals surface area (Å²) in [6, 6.07) is 14.7. The fourth-order valence-electron chi connectivity index (χ4n) is 2.33. The standard InChI is InChI=1S/C18H18N2O3/c1-3-16(23-14-7-5-4-6-8-14)18(21)20-13-9-10-17-15(11-13)19-12(2)22-17/h4-11,16H,3H2,1-2H3,(H,20,21)/t16-/m1/s1. The number of amides is 1. The Labute approximate surface area is 134 Å². The quantitative estimate of drug-likeness (QED) is 0.775. The number of aromatic nitrogens is 1. The molecule has 0 radical (unpaired) electrons.